The number of hydrogen-bond donors (Lipinski definition) is 1. The fraction of sp³-hybridized carbons (Fsp3) is 0.435. The van der Waals surface area contributed by atoms with Crippen LogP contribution in [-0.4, -0.2) is 56.8 Å². The molecule has 1 saturated heterocycles. The monoisotopic (exact) mass is 429 g/mol. The van der Waals surface area contributed by atoms with Crippen LogP contribution in [0.15, 0.2) is 59.5 Å². The molecule has 0 spiro atoms. The van der Waals surface area contributed by atoms with Crippen LogP contribution in [0.2, 0.25) is 0 Å². The summed E-state index contributed by atoms with van der Waals surface area (Å²) in [5.74, 6) is 0.163. The van der Waals surface area contributed by atoms with Crippen molar-refractivity contribution in [3.8, 4) is 0 Å². The Balaban J connectivity index is 1.43. The number of benzene rings is 2. The molecule has 0 aliphatic carbocycles. The van der Waals surface area contributed by atoms with Crippen molar-refractivity contribution in [2.24, 2.45) is 0 Å². The summed E-state index contributed by atoms with van der Waals surface area (Å²) in [6.45, 7) is 6.56. The second kappa shape index (κ2) is 10.7. The first kappa shape index (κ1) is 22.5. The smallest absolute Gasteiger partial charge is 0.240 e. The highest BCUT2D eigenvalue weighted by molar-refractivity contribution is 7.89. The summed E-state index contributed by atoms with van der Waals surface area (Å²) in [7, 11) is -3.45. The van der Waals surface area contributed by atoms with Crippen molar-refractivity contribution in [3.63, 3.8) is 0 Å². The van der Waals surface area contributed by atoms with E-state index in [1.165, 1.54) is 5.56 Å². The summed E-state index contributed by atoms with van der Waals surface area (Å²) in [6, 6.07) is 17.2. The fourth-order valence-corrected chi connectivity index (χ4v) is 4.70. The number of piperazine rings is 1. The molecule has 1 aliphatic heterocycles. The maximum absolute atomic E-state index is 12.6. The van der Waals surface area contributed by atoms with E-state index in [4.69, 9.17) is 0 Å². The maximum atomic E-state index is 12.6. The highest BCUT2D eigenvalue weighted by Crippen LogP contribution is 2.14. The molecule has 1 fully saturated rings. The molecule has 1 amide bonds. The van der Waals surface area contributed by atoms with E-state index in [-0.39, 0.29) is 10.8 Å². The average Bonchev–Trinajstić information content (AvgIpc) is 2.77. The van der Waals surface area contributed by atoms with E-state index in [2.05, 4.69) is 33.9 Å². The first-order valence-electron chi connectivity index (χ1n) is 10.6. The zero-order valence-electron chi connectivity index (χ0n) is 17.6. The first-order chi connectivity index (χ1) is 14.5. The van der Waals surface area contributed by atoms with Gasteiger partial charge in [0.1, 0.15) is 0 Å². The molecule has 1 N–H and O–H groups in total. The van der Waals surface area contributed by atoms with Crippen LogP contribution in [0, 0.1) is 0 Å². The van der Waals surface area contributed by atoms with Gasteiger partial charge >= 0.3 is 0 Å². The zero-order valence-corrected chi connectivity index (χ0v) is 18.4. The minimum absolute atomic E-state index is 0.163. The lowest BCUT2D eigenvalue weighted by Gasteiger charge is -2.34. The molecule has 0 bridgehead atoms. The number of nitrogens with zero attached hydrogens (tertiary/aromatic N) is 2. The van der Waals surface area contributed by atoms with Gasteiger partial charge < -0.3 is 4.90 Å². The van der Waals surface area contributed by atoms with Crippen molar-refractivity contribution in [3.05, 3.63) is 65.7 Å². The van der Waals surface area contributed by atoms with Crippen LogP contribution in [0.25, 0.3) is 0 Å². The third-order valence-corrected chi connectivity index (χ3v) is 6.85. The average molecular weight is 430 g/mol. The lowest BCUT2D eigenvalue weighted by molar-refractivity contribution is -0.133. The van der Waals surface area contributed by atoms with E-state index in [9.17, 15) is 13.2 Å². The number of rotatable bonds is 9. The van der Waals surface area contributed by atoms with Crippen LogP contribution in [0.4, 0.5) is 0 Å². The van der Waals surface area contributed by atoms with Crippen LogP contribution in [0.3, 0.4) is 0 Å². The standard InChI is InChI=1S/C23H31N3O3S/c1-2-14-24-30(28,29)22-11-8-20(9-12-22)10-13-23(27)26-17-15-25(16-18-26)19-21-6-4-3-5-7-21/h3-9,11-12,24H,2,10,13-19H2,1H3. The topological polar surface area (TPSA) is 69.7 Å². The Hall–Kier alpha value is -2.22. The van der Waals surface area contributed by atoms with Gasteiger partial charge in [-0.1, -0.05) is 49.4 Å². The van der Waals surface area contributed by atoms with Gasteiger partial charge in [0.05, 0.1) is 4.90 Å². The molecule has 0 unspecified atom stereocenters. The number of amides is 1. The molecule has 3 rings (SSSR count). The fourth-order valence-electron chi connectivity index (χ4n) is 3.56. The summed E-state index contributed by atoms with van der Waals surface area (Å²) < 4.78 is 26.8. The predicted octanol–water partition coefficient (Wildman–Crippen LogP) is 2.65. The van der Waals surface area contributed by atoms with Crippen molar-refractivity contribution in [1.29, 1.82) is 0 Å². The molecule has 0 radical (unpaired) electrons. The number of aryl methyl sites for hydroxylation is 1. The molecule has 0 saturated carbocycles. The minimum Gasteiger partial charge on any atom is -0.340 e. The quantitative estimate of drug-likeness (QED) is 0.665. The number of hydrogen-bond acceptors (Lipinski definition) is 4. The van der Waals surface area contributed by atoms with Crippen LogP contribution in [0.5, 0.6) is 0 Å². The van der Waals surface area contributed by atoms with Crippen molar-refractivity contribution in [2.45, 2.75) is 37.6 Å². The second-order valence-corrected chi connectivity index (χ2v) is 9.45. The predicted molar refractivity (Wildman–Crippen MR) is 119 cm³/mol. The Morgan fingerprint density at radius 1 is 0.933 bits per heavy atom. The van der Waals surface area contributed by atoms with Crippen molar-refractivity contribution in [1.82, 2.24) is 14.5 Å². The normalized spacial score (nSPS) is 15.3. The van der Waals surface area contributed by atoms with E-state index < -0.39 is 10.0 Å². The van der Waals surface area contributed by atoms with Gasteiger partial charge in [0.15, 0.2) is 0 Å². The van der Waals surface area contributed by atoms with Gasteiger partial charge in [0.2, 0.25) is 15.9 Å². The molecule has 0 aromatic heterocycles. The zero-order chi connectivity index (χ0) is 21.4. The third-order valence-electron chi connectivity index (χ3n) is 5.38. The van der Waals surface area contributed by atoms with Gasteiger partial charge in [0, 0.05) is 45.7 Å². The molecule has 1 aliphatic rings. The Kier molecular flexibility index (Phi) is 8.01. The second-order valence-electron chi connectivity index (χ2n) is 7.68. The van der Waals surface area contributed by atoms with Crippen molar-refractivity contribution >= 4 is 15.9 Å². The highest BCUT2D eigenvalue weighted by Gasteiger charge is 2.21. The van der Waals surface area contributed by atoms with Crippen molar-refractivity contribution < 1.29 is 13.2 Å². The summed E-state index contributed by atoms with van der Waals surface area (Å²) in [5.41, 5.74) is 2.27. The molecule has 6 nitrogen and oxygen atoms in total. The molecular formula is C23H31N3O3S. The van der Waals surface area contributed by atoms with Crippen LogP contribution < -0.4 is 4.72 Å². The third kappa shape index (κ3) is 6.39. The molecule has 2 aromatic rings. The van der Waals surface area contributed by atoms with Crippen LogP contribution in [0.1, 0.15) is 30.9 Å². The number of sulfonamides is 1. The highest BCUT2D eigenvalue weighted by atomic mass is 32.2. The van der Waals surface area contributed by atoms with Crippen LogP contribution in [-0.2, 0) is 27.8 Å². The maximum Gasteiger partial charge on any atom is 0.240 e. The Bertz CT molecular complexity index is 906. The van der Waals surface area contributed by atoms with Gasteiger partial charge in [-0.25, -0.2) is 13.1 Å². The van der Waals surface area contributed by atoms with Gasteiger partial charge in [-0.05, 0) is 36.1 Å². The van der Waals surface area contributed by atoms with Gasteiger partial charge in [-0.15, -0.1) is 0 Å². The largest absolute Gasteiger partial charge is 0.340 e. The van der Waals surface area contributed by atoms with Gasteiger partial charge in [-0.2, -0.15) is 0 Å². The lowest BCUT2D eigenvalue weighted by atomic mass is 10.1. The van der Waals surface area contributed by atoms with E-state index in [0.717, 1.165) is 44.7 Å². The summed E-state index contributed by atoms with van der Waals surface area (Å²) in [6.07, 6.45) is 1.81. The molecule has 0 atom stereocenters. The van der Waals surface area contributed by atoms with Gasteiger partial charge in [0.25, 0.3) is 0 Å². The Labute approximate surface area is 179 Å². The first-order valence-corrected chi connectivity index (χ1v) is 12.1. The van der Waals surface area contributed by atoms with Crippen LogP contribution >= 0.6 is 0 Å². The van der Waals surface area contributed by atoms with Crippen molar-refractivity contribution in [2.75, 3.05) is 32.7 Å². The van der Waals surface area contributed by atoms with E-state index in [0.29, 0.717) is 19.4 Å². The molecular weight excluding hydrogens is 398 g/mol. The lowest BCUT2D eigenvalue weighted by Crippen LogP contribution is -2.48. The summed E-state index contributed by atoms with van der Waals surface area (Å²) in [5, 5.41) is 0. The van der Waals surface area contributed by atoms with E-state index >= 15 is 0 Å². The molecule has 7 heteroatoms. The SMILES string of the molecule is CCCNS(=O)(=O)c1ccc(CCC(=O)N2CCN(Cc3ccccc3)CC2)cc1. The Morgan fingerprint density at radius 3 is 2.23 bits per heavy atom. The minimum atomic E-state index is -3.45. The number of nitrogens with one attached hydrogen (secondary N) is 1. The summed E-state index contributed by atoms with van der Waals surface area (Å²) >= 11 is 0. The van der Waals surface area contributed by atoms with E-state index in [1.807, 2.05) is 17.9 Å². The van der Waals surface area contributed by atoms with E-state index in [1.54, 1.807) is 24.3 Å². The molecule has 1 heterocycles. The number of carbonyl (C=O) groups is 1. The Morgan fingerprint density at radius 2 is 1.60 bits per heavy atom. The molecule has 2 aromatic carbocycles. The number of carbonyl (C=O) groups excluding carboxylic acids is 1. The summed E-state index contributed by atoms with van der Waals surface area (Å²) in [4.78, 5) is 17.2. The molecule has 162 valence electrons. The molecule has 30 heavy (non-hydrogen) atoms. The van der Waals surface area contributed by atoms with Gasteiger partial charge in [-0.3, -0.25) is 9.69 Å².